The van der Waals surface area contributed by atoms with E-state index in [9.17, 15) is 5.11 Å². The summed E-state index contributed by atoms with van der Waals surface area (Å²) < 4.78 is 0. The lowest BCUT2D eigenvalue weighted by Gasteiger charge is -2.09. The number of aliphatic hydroxyl groups excluding tert-OH is 2. The van der Waals surface area contributed by atoms with Gasteiger partial charge in [0, 0.05) is 12.4 Å². The Hall–Kier alpha value is 0.270. The Morgan fingerprint density at radius 3 is 2.67 bits per heavy atom. The maximum atomic E-state index is 9.19. The Morgan fingerprint density at radius 2 is 2.22 bits per heavy atom. The molecule has 0 saturated carbocycles. The quantitative estimate of drug-likeness (QED) is 0.583. The van der Waals surface area contributed by atoms with Gasteiger partial charge in [-0.2, -0.15) is 11.8 Å². The van der Waals surface area contributed by atoms with Gasteiger partial charge in [-0.3, -0.25) is 0 Å². The minimum Gasteiger partial charge on any atom is -0.396 e. The van der Waals surface area contributed by atoms with Crippen molar-refractivity contribution in [2.75, 3.05) is 18.1 Å². The highest BCUT2D eigenvalue weighted by molar-refractivity contribution is 7.99. The van der Waals surface area contributed by atoms with E-state index in [1.54, 1.807) is 11.8 Å². The predicted molar refractivity (Wildman–Crippen MR) is 38.5 cm³/mol. The Bertz CT molecular complexity index is 87.1. The molecule has 3 heteroatoms. The van der Waals surface area contributed by atoms with Crippen molar-refractivity contribution in [3.8, 4) is 0 Å². The smallest absolute Gasteiger partial charge is 0.0667 e. The topological polar surface area (TPSA) is 40.5 Å². The maximum absolute atomic E-state index is 9.19. The van der Waals surface area contributed by atoms with Crippen molar-refractivity contribution in [2.24, 2.45) is 5.92 Å². The summed E-state index contributed by atoms with van der Waals surface area (Å²) in [5.74, 6) is 2.21. The van der Waals surface area contributed by atoms with Crippen LogP contribution in [0.5, 0.6) is 0 Å². The van der Waals surface area contributed by atoms with Crippen LogP contribution >= 0.6 is 11.8 Å². The normalized spacial score (nSPS) is 35.3. The molecular weight excluding hydrogens is 136 g/mol. The second-order valence-electron chi connectivity index (χ2n) is 2.38. The van der Waals surface area contributed by atoms with Crippen molar-refractivity contribution >= 4 is 11.8 Å². The molecule has 9 heavy (non-hydrogen) atoms. The van der Waals surface area contributed by atoms with E-state index in [1.807, 2.05) is 0 Å². The summed E-state index contributed by atoms with van der Waals surface area (Å²) in [6.07, 6.45) is 0.593. The average Bonchev–Trinajstić information content (AvgIpc) is 2.18. The third-order valence-corrected chi connectivity index (χ3v) is 2.91. The van der Waals surface area contributed by atoms with E-state index in [4.69, 9.17) is 5.11 Å². The van der Waals surface area contributed by atoms with E-state index in [-0.39, 0.29) is 12.7 Å². The number of hydrogen-bond acceptors (Lipinski definition) is 3. The van der Waals surface area contributed by atoms with Gasteiger partial charge in [0.25, 0.3) is 0 Å². The number of aliphatic hydroxyl groups is 2. The van der Waals surface area contributed by atoms with Crippen LogP contribution in [0.1, 0.15) is 6.42 Å². The average molecular weight is 148 g/mol. The Labute approximate surface area is 59.3 Å². The van der Waals surface area contributed by atoms with Gasteiger partial charge >= 0.3 is 0 Å². The van der Waals surface area contributed by atoms with Gasteiger partial charge < -0.3 is 10.2 Å². The molecule has 1 rings (SSSR count). The fraction of sp³-hybridized carbons (Fsp3) is 1.00. The highest BCUT2D eigenvalue weighted by Gasteiger charge is 2.24. The predicted octanol–water partition coefficient (Wildman–Crippen LogP) is 0.0927. The van der Waals surface area contributed by atoms with Crippen LogP contribution in [0.4, 0.5) is 0 Å². The van der Waals surface area contributed by atoms with Gasteiger partial charge in [-0.15, -0.1) is 0 Å². The Balaban J connectivity index is 2.22. The fourth-order valence-corrected chi connectivity index (χ4v) is 2.37. The summed E-state index contributed by atoms with van der Waals surface area (Å²) in [5, 5.41) is 17.7. The van der Waals surface area contributed by atoms with Crippen molar-refractivity contribution in [2.45, 2.75) is 12.5 Å². The summed E-state index contributed by atoms with van der Waals surface area (Å²) in [7, 11) is 0. The van der Waals surface area contributed by atoms with Gasteiger partial charge in [-0.25, -0.2) is 0 Å². The van der Waals surface area contributed by atoms with E-state index in [2.05, 4.69) is 0 Å². The first-order valence-corrected chi connectivity index (χ1v) is 4.36. The molecule has 2 nitrogen and oxygen atoms in total. The summed E-state index contributed by atoms with van der Waals surface area (Å²) in [5.41, 5.74) is 0. The first-order chi connectivity index (χ1) is 4.34. The van der Waals surface area contributed by atoms with Gasteiger partial charge in [0.15, 0.2) is 0 Å². The van der Waals surface area contributed by atoms with Crippen molar-refractivity contribution < 1.29 is 10.2 Å². The largest absolute Gasteiger partial charge is 0.396 e. The first kappa shape index (κ1) is 7.38. The van der Waals surface area contributed by atoms with Crippen LogP contribution in [0.15, 0.2) is 0 Å². The van der Waals surface area contributed by atoms with Gasteiger partial charge in [-0.05, 0) is 18.1 Å². The molecule has 0 aromatic rings. The zero-order chi connectivity index (χ0) is 6.69. The standard InChI is InChI=1S/C6H12O2S/c7-2-1-5-3-9-4-6(5)8/h5-8H,1-4H2. The van der Waals surface area contributed by atoms with E-state index in [0.29, 0.717) is 5.92 Å². The van der Waals surface area contributed by atoms with Crippen LogP contribution in [0.25, 0.3) is 0 Å². The molecule has 2 N–H and O–H groups in total. The van der Waals surface area contributed by atoms with Gasteiger partial charge in [0.05, 0.1) is 6.10 Å². The molecule has 54 valence electrons. The molecule has 0 radical (unpaired) electrons. The van der Waals surface area contributed by atoms with Crippen LogP contribution in [0.3, 0.4) is 0 Å². The number of rotatable bonds is 2. The van der Waals surface area contributed by atoms with E-state index >= 15 is 0 Å². The second-order valence-corrected chi connectivity index (χ2v) is 3.45. The molecule has 0 amide bonds. The van der Waals surface area contributed by atoms with Crippen molar-refractivity contribution in [3.05, 3.63) is 0 Å². The van der Waals surface area contributed by atoms with E-state index in [0.717, 1.165) is 17.9 Å². The minimum atomic E-state index is -0.165. The third kappa shape index (κ3) is 1.85. The Morgan fingerprint density at radius 1 is 1.44 bits per heavy atom. The molecule has 1 heterocycles. The zero-order valence-corrected chi connectivity index (χ0v) is 6.10. The minimum absolute atomic E-state index is 0.165. The molecule has 0 aromatic heterocycles. The molecule has 2 atom stereocenters. The molecule has 1 aliphatic heterocycles. The number of thioether (sulfide) groups is 1. The van der Waals surface area contributed by atoms with E-state index in [1.165, 1.54) is 0 Å². The molecule has 2 unspecified atom stereocenters. The molecular formula is C6H12O2S. The molecule has 0 spiro atoms. The van der Waals surface area contributed by atoms with Crippen LogP contribution in [0.2, 0.25) is 0 Å². The fourth-order valence-electron chi connectivity index (χ4n) is 1.03. The van der Waals surface area contributed by atoms with Crippen molar-refractivity contribution in [1.82, 2.24) is 0 Å². The molecule has 1 fully saturated rings. The first-order valence-electron chi connectivity index (χ1n) is 3.21. The van der Waals surface area contributed by atoms with Crippen LogP contribution in [0, 0.1) is 5.92 Å². The number of hydrogen-bond donors (Lipinski definition) is 2. The highest BCUT2D eigenvalue weighted by atomic mass is 32.2. The lowest BCUT2D eigenvalue weighted by Crippen LogP contribution is -2.18. The van der Waals surface area contributed by atoms with Gasteiger partial charge in [-0.1, -0.05) is 0 Å². The van der Waals surface area contributed by atoms with Crippen molar-refractivity contribution in [3.63, 3.8) is 0 Å². The Kier molecular flexibility index (Phi) is 2.82. The summed E-state index contributed by atoms with van der Waals surface area (Å²) >= 11 is 1.77. The highest BCUT2D eigenvalue weighted by Crippen LogP contribution is 2.25. The molecule has 0 aromatic carbocycles. The van der Waals surface area contributed by atoms with Crippen LogP contribution < -0.4 is 0 Å². The maximum Gasteiger partial charge on any atom is 0.0667 e. The lowest BCUT2D eigenvalue weighted by atomic mass is 10.0. The van der Waals surface area contributed by atoms with Gasteiger partial charge in [0.1, 0.15) is 0 Å². The second kappa shape index (κ2) is 3.44. The molecule has 0 bridgehead atoms. The summed E-state index contributed by atoms with van der Waals surface area (Å²) in [6.45, 7) is 0.211. The molecule has 1 aliphatic rings. The van der Waals surface area contributed by atoms with Crippen molar-refractivity contribution in [1.29, 1.82) is 0 Å². The van der Waals surface area contributed by atoms with Crippen LogP contribution in [-0.4, -0.2) is 34.4 Å². The van der Waals surface area contributed by atoms with Gasteiger partial charge in [0.2, 0.25) is 0 Å². The summed E-state index contributed by atoms with van der Waals surface area (Å²) in [4.78, 5) is 0. The van der Waals surface area contributed by atoms with E-state index < -0.39 is 0 Å². The lowest BCUT2D eigenvalue weighted by molar-refractivity contribution is 0.128. The molecule has 0 aliphatic carbocycles. The SMILES string of the molecule is OCCC1CSCC1O. The zero-order valence-electron chi connectivity index (χ0n) is 5.29. The monoisotopic (exact) mass is 148 g/mol. The molecule has 1 saturated heterocycles. The summed E-state index contributed by atoms with van der Waals surface area (Å²) in [6, 6.07) is 0. The van der Waals surface area contributed by atoms with Crippen LogP contribution in [-0.2, 0) is 0 Å². The third-order valence-electron chi connectivity index (χ3n) is 1.66.